The number of aliphatic imine (C=N–C) groups is 1. The first kappa shape index (κ1) is 29.6. The van der Waals surface area contributed by atoms with Gasteiger partial charge in [0.2, 0.25) is 0 Å². The van der Waals surface area contributed by atoms with Crippen LogP contribution >= 0.6 is 23.2 Å². The summed E-state index contributed by atoms with van der Waals surface area (Å²) in [6, 6.07) is 0.0331. The zero-order chi connectivity index (χ0) is 27.3. The molecule has 1 saturated heterocycles. The molecule has 1 aromatic rings. The van der Waals surface area contributed by atoms with Crippen LogP contribution in [0.3, 0.4) is 0 Å². The zero-order valence-electron chi connectivity index (χ0n) is 22.0. The van der Waals surface area contributed by atoms with Gasteiger partial charge in [0.25, 0.3) is 5.91 Å². The molecule has 0 bridgehead atoms. The number of ketones is 1. The molecule has 2 heterocycles. The van der Waals surface area contributed by atoms with Crippen LogP contribution in [0.5, 0.6) is 0 Å². The highest BCUT2D eigenvalue weighted by molar-refractivity contribution is 6.35. The fourth-order valence-corrected chi connectivity index (χ4v) is 5.82. The molecule has 1 saturated carbocycles. The van der Waals surface area contributed by atoms with Crippen molar-refractivity contribution in [1.82, 2.24) is 9.88 Å². The van der Waals surface area contributed by atoms with Crippen LogP contribution in [0.1, 0.15) is 77.9 Å². The van der Waals surface area contributed by atoms with Crippen LogP contribution in [-0.4, -0.2) is 63.2 Å². The smallest absolute Gasteiger partial charge is 0.257 e. The number of Topliss-reactive ketones (excluding diaryl/α,β-unsaturated/α-hetero) is 1. The van der Waals surface area contributed by atoms with E-state index in [0.29, 0.717) is 11.3 Å². The molecular weight excluding hydrogens is 515 g/mol. The third-order valence-corrected chi connectivity index (χ3v) is 7.92. The van der Waals surface area contributed by atoms with Crippen LogP contribution in [-0.2, 0) is 14.3 Å². The van der Waals surface area contributed by atoms with Gasteiger partial charge in [0.15, 0.2) is 0 Å². The number of carbonyl (C=O) groups excluding carboxylic acids is 2. The minimum absolute atomic E-state index is 0.0331. The number of aliphatic hydroxyl groups excluding tert-OH is 1. The van der Waals surface area contributed by atoms with Gasteiger partial charge in [-0.25, -0.2) is 0 Å². The molecule has 0 aromatic carbocycles. The van der Waals surface area contributed by atoms with Crippen molar-refractivity contribution in [3.05, 3.63) is 39.8 Å². The van der Waals surface area contributed by atoms with Crippen molar-refractivity contribution in [3.63, 3.8) is 0 Å². The second-order valence-electron chi connectivity index (χ2n) is 10.7. The van der Waals surface area contributed by atoms with Crippen molar-refractivity contribution in [1.29, 1.82) is 0 Å². The number of rotatable bonds is 9. The molecular formula is C27H38Cl2N4O4. The molecule has 1 aromatic heterocycles. The molecule has 0 spiro atoms. The second-order valence-corrected chi connectivity index (χ2v) is 11.5. The largest absolute Gasteiger partial charge is 0.404 e. The maximum Gasteiger partial charge on any atom is 0.257 e. The van der Waals surface area contributed by atoms with E-state index in [1.807, 2.05) is 13.8 Å². The van der Waals surface area contributed by atoms with E-state index in [9.17, 15) is 14.7 Å². The maximum atomic E-state index is 13.8. The van der Waals surface area contributed by atoms with E-state index in [2.05, 4.69) is 4.98 Å². The van der Waals surface area contributed by atoms with Crippen LogP contribution in [0, 0.1) is 5.92 Å². The van der Waals surface area contributed by atoms with Crippen molar-refractivity contribution in [3.8, 4) is 0 Å². The molecule has 1 amide bonds. The fraction of sp³-hybridized carbons (Fsp3) is 0.630. The topological polar surface area (TPSA) is 118 Å². The predicted octanol–water partition coefficient (Wildman–Crippen LogP) is 4.66. The Morgan fingerprint density at radius 3 is 2.35 bits per heavy atom. The first-order chi connectivity index (χ1) is 17.4. The average Bonchev–Trinajstić information content (AvgIpc) is 3.17. The molecule has 8 nitrogen and oxygen atoms in total. The number of nitrogens with zero attached hydrogens (tertiary/aromatic N) is 3. The molecule has 3 rings (SSSR count). The Morgan fingerprint density at radius 1 is 1.22 bits per heavy atom. The van der Waals surface area contributed by atoms with Gasteiger partial charge >= 0.3 is 0 Å². The van der Waals surface area contributed by atoms with Gasteiger partial charge in [0, 0.05) is 42.3 Å². The number of pyridine rings is 1. The van der Waals surface area contributed by atoms with E-state index in [4.69, 9.17) is 38.7 Å². The van der Waals surface area contributed by atoms with Crippen molar-refractivity contribution >= 4 is 40.6 Å². The highest BCUT2D eigenvalue weighted by atomic mass is 35.5. The minimum atomic E-state index is -1.14. The molecule has 2 atom stereocenters. The average molecular weight is 554 g/mol. The van der Waals surface area contributed by atoms with Crippen molar-refractivity contribution in [2.24, 2.45) is 16.6 Å². The summed E-state index contributed by atoms with van der Waals surface area (Å²) < 4.78 is 6.14. The third-order valence-electron chi connectivity index (χ3n) is 7.32. The zero-order valence-corrected chi connectivity index (χ0v) is 23.6. The normalized spacial score (nSPS) is 25.1. The third kappa shape index (κ3) is 7.76. The Hall–Kier alpha value is -2.00. The van der Waals surface area contributed by atoms with E-state index >= 15 is 0 Å². The lowest BCUT2D eigenvalue weighted by atomic mass is 9.84. The minimum Gasteiger partial charge on any atom is -0.404 e. The van der Waals surface area contributed by atoms with E-state index in [0.717, 1.165) is 38.5 Å². The number of carbonyl (C=O) groups is 2. The van der Waals surface area contributed by atoms with E-state index < -0.39 is 6.10 Å². The molecule has 1 aliphatic carbocycles. The lowest BCUT2D eigenvalue weighted by Crippen LogP contribution is -2.42. The quantitative estimate of drug-likeness (QED) is 0.339. The number of hydrogen-bond donors (Lipinski definition) is 2. The van der Waals surface area contributed by atoms with Gasteiger partial charge in [-0.3, -0.25) is 19.6 Å². The monoisotopic (exact) mass is 552 g/mol. The molecule has 1 unspecified atom stereocenters. The maximum absolute atomic E-state index is 13.8. The summed E-state index contributed by atoms with van der Waals surface area (Å²) >= 11 is 12.5. The number of aliphatic hydroxyl groups is 1. The van der Waals surface area contributed by atoms with Crippen LogP contribution in [0.2, 0.25) is 10.0 Å². The molecule has 37 heavy (non-hydrogen) atoms. The molecule has 2 fully saturated rings. The Kier molecular flexibility index (Phi) is 10.1. The van der Waals surface area contributed by atoms with E-state index in [1.54, 1.807) is 13.8 Å². The van der Waals surface area contributed by atoms with Crippen molar-refractivity contribution in [2.75, 3.05) is 13.1 Å². The van der Waals surface area contributed by atoms with Gasteiger partial charge in [0.05, 0.1) is 46.0 Å². The molecule has 3 N–H and O–H groups in total. The van der Waals surface area contributed by atoms with Gasteiger partial charge in [-0.15, -0.1) is 0 Å². The van der Waals surface area contributed by atoms with Crippen LogP contribution in [0.4, 0.5) is 0 Å². The number of ether oxygens (including phenoxy) is 1. The van der Waals surface area contributed by atoms with Crippen LogP contribution in [0.15, 0.2) is 29.2 Å². The summed E-state index contributed by atoms with van der Waals surface area (Å²) in [6.07, 6.45) is 7.60. The Morgan fingerprint density at radius 2 is 1.84 bits per heavy atom. The Bertz CT molecular complexity index is 1030. The second kappa shape index (κ2) is 12.7. The van der Waals surface area contributed by atoms with Gasteiger partial charge in [-0.1, -0.05) is 23.2 Å². The Balaban J connectivity index is 1.81. The molecule has 1 aliphatic heterocycles. The SMILES string of the molecule is CC(=O)C1CCC(N=C(C)C(=CN)C(=O)N(CC(O)c2c(Cl)cncc2Cl)C[C@H]2CCC(C)(C)O2)CC1. The van der Waals surface area contributed by atoms with Crippen LogP contribution < -0.4 is 5.73 Å². The first-order valence-corrected chi connectivity index (χ1v) is 13.6. The molecule has 0 radical (unpaired) electrons. The van der Waals surface area contributed by atoms with Crippen molar-refractivity contribution in [2.45, 2.75) is 90.1 Å². The van der Waals surface area contributed by atoms with Crippen molar-refractivity contribution < 1.29 is 19.4 Å². The number of hydrogen-bond acceptors (Lipinski definition) is 7. The number of nitrogens with two attached hydrogens (primary N) is 1. The standard InChI is InChI=1S/C27H38Cl2N4O4/c1-16(32-19-7-5-18(6-8-19)17(2)34)21(11-30)26(36)33(14-20-9-10-27(3,4)37-20)15-24(35)25-22(28)12-31-13-23(25)29/h11-13,18-20,24,35H,5-10,14-15,30H2,1-4H3/t18?,19?,20-,24?/m1/s1. The van der Waals surface area contributed by atoms with Crippen LogP contribution in [0.25, 0.3) is 0 Å². The van der Waals surface area contributed by atoms with Gasteiger partial charge in [-0.05, 0) is 66.2 Å². The van der Waals surface area contributed by atoms with E-state index in [1.165, 1.54) is 23.5 Å². The molecule has 10 heteroatoms. The van der Waals surface area contributed by atoms with Gasteiger partial charge < -0.3 is 20.5 Å². The number of amides is 1. The van der Waals surface area contributed by atoms with E-state index in [-0.39, 0.29) is 64.1 Å². The summed E-state index contributed by atoms with van der Waals surface area (Å²) in [5, 5.41) is 11.5. The summed E-state index contributed by atoms with van der Waals surface area (Å²) in [4.78, 5) is 35.8. The summed E-state index contributed by atoms with van der Waals surface area (Å²) in [5.41, 5.74) is 6.78. The number of halogens is 2. The molecule has 2 aliphatic rings. The highest BCUT2D eigenvalue weighted by Gasteiger charge is 2.35. The lowest BCUT2D eigenvalue weighted by molar-refractivity contribution is -0.131. The Labute approximate surface area is 229 Å². The number of aromatic nitrogens is 1. The fourth-order valence-electron chi connectivity index (χ4n) is 5.20. The van der Waals surface area contributed by atoms with Gasteiger partial charge in [-0.2, -0.15) is 0 Å². The summed E-state index contributed by atoms with van der Waals surface area (Å²) in [7, 11) is 0. The highest BCUT2D eigenvalue weighted by Crippen LogP contribution is 2.33. The summed E-state index contributed by atoms with van der Waals surface area (Å²) in [5.74, 6) is -0.0370. The lowest BCUT2D eigenvalue weighted by Gasteiger charge is -2.30. The van der Waals surface area contributed by atoms with Gasteiger partial charge in [0.1, 0.15) is 5.78 Å². The first-order valence-electron chi connectivity index (χ1n) is 12.8. The summed E-state index contributed by atoms with van der Waals surface area (Å²) in [6.45, 7) is 7.66. The molecule has 204 valence electrons. The predicted molar refractivity (Wildman–Crippen MR) is 146 cm³/mol.